The van der Waals surface area contributed by atoms with Gasteiger partial charge in [0, 0.05) is 5.02 Å². The highest BCUT2D eigenvalue weighted by Crippen LogP contribution is 2.19. The minimum atomic E-state index is -0.323. The first kappa shape index (κ1) is 14.8. The van der Waals surface area contributed by atoms with E-state index in [1.54, 1.807) is 24.3 Å². The predicted molar refractivity (Wildman–Crippen MR) is 79.0 cm³/mol. The van der Waals surface area contributed by atoms with E-state index in [1.165, 1.54) is 4.57 Å². The third-order valence-corrected chi connectivity index (χ3v) is 3.30. The van der Waals surface area contributed by atoms with Gasteiger partial charge in [-0.15, -0.1) is 0 Å². The number of hydrogen-bond acceptors (Lipinski definition) is 4. The van der Waals surface area contributed by atoms with Crippen LogP contribution >= 0.6 is 11.6 Å². The zero-order chi connectivity index (χ0) is 14.5. The number of nitrogens with one attached hydrogen (secondary N) is 1. The summed E-state index contributed by atoms with van der Waals surface area (Å²) < 4.78 is 1.46. The Kier molecular flexibility index (Phi) is 4.94. The molecule has 0 aliphatic heterocycles. The molecule has 0 fully saturated rings. The van der Waals surface area contributed by atoms with E-state index in [2.05, 4.69) is 10.2 Å². The maximum absolute atomic E-state index is 11.9. The lowest BCUT2D eigenvalue weighted by Gasteiger charge is -2.12. The van der Waals surface area contributed by atoms with Crippen LogP contribution in [0, 0.1) is 0 Å². The van der Waals surface area contributed by atoms with Crippen molar-refractivity contribution >= 4 is 11.6 Å². The third kappa shape index (κ3) is 3.27. The van der Waals surface area contributed by atoms with Gasteiger partial charge in [-0.3, -0.25) is 0 Å². The smallest absolute Gasteiger partial charge is 0.330 e. The Bertz CT molecular complexity index is 621. The lowest BCUT2D eigenvalue weighted by atomic mass is 10.1. The van der Waals surface area contributed by atoms with Gasteiger partial charge in [-0.1, -0.05) is 24.1 Å². The largest absolute Gasteiger partial charge is 0.347 e. The van der Waals surface area contributed by atoms with E-state index in [4.69, 9.17) is 23.1 Å². The molecule has 20 heavy (non-hydrogen) atoms. The van der Waals surface area contributed by atoms with Gasteiger partial charge in [-0.25, -0.2) is 14.5 Å². The van der Waals surface area contributed by atoms with Crippen LogP contribution in [0.2, 0.25) is 5.02 Å². The molecule has 1 aromatic heterocycles. The van der Waals surface area contributed by atoms with E-state index in [-0.39, 0.29) is 11.7 Å². The number of H-pyrrole nitrogens is 1. The van der Waals surface area contributed by atoms with Gasteiger partial charge >= 0.3 is 5.69 Å². The van der Waals surface area contributed by atoms with Crippen molar-refractivity contribution in [3.8, 4) is 5.69 Å². The Hall–Kier alpha value is -1.63. The fourth-order valence-corrected chi connectivity index (χ4v) is 2.24. The Balaban J connectivity index is 2.30. The van der Waals surface area contributed by atoms with Gasteiger partial charge in [0.15, 0.2) is 5.82 Å². The number of aromatic nitrogens is 3. The van der Waals surface area contributed by atoms with Gasteiger partial charge in [0.05, 0.1) is 11.7 Å². The lowest BCUT2D eigenvalue weighted by molar-refractivity contribution is 0.557. The molecule has 1 atom stereocenters. The zero-order valence-electron chi connectivity index (χ0n) is 11.1. The molecule has 0 saturated heterocycles. The molecular weight excluding hydrogens is 278 g/mol. The molecule has 2 rings (SSSR count). The molecule has 0 unspecified atom stereocenters. The fraction of sp³-hybridized carbons (Fsp3) is 0.385. The normalized spacial score (nSPS) is 12.6. The van der Waals surface area contributed by atoms with Gasteiger partial charge < -0.3 is 11.5 Å². The van der Waals surface area contributed by atoms with E-state index in [1.807, 2.05) is 0 Å². The standard InChI is InChI=1S/C13H18ClN5O/c14-9-4-3-5-10(8-9)19-12(17-18-13(19)20)11(16)6-1-2-7-15/h3-5,8,11H,1-2,6-7,15-16H2,(H,18,20)/t11-/m0/s1. The van der Waals surface area contributed by atoms with Crippen molar-refractivity contribution in [1.82, 2.24) is 14.8 Å². The Morgan fingerprint density at radius 2 is 2.20 bits per heavy atom. The van der Waals surface area contributed by atoms with Crippen LogP contribution in [0.1, 0.15) is 31.1 Å². The number of halogens is 1. The van der Waals surface area contributed by atoms with Crippen molar-refractivity contribution < 1.29 is 0 Å². The van der Waals surface area contributed by atoms with Crippen molar-refractivity contribution in [2.75, 3.05) is 6.54 Å². The SMILES string of the molecule is NCCCC[C@H](N)c1n[nH]c(=O)n1-c1cccc(Cl)c1. The van der Waals surface area contributed by atoms with E-state index in [0.717, 1.165) is 19.3 Å². The van der Waals surface area contributed by atoms with E-state index in [9.17, 15) is 4.79 Å². The topological polar surface area (TPSA) is 103 Å². The molecule has 0 spiro atoms. The number of unbranched alkanes of at least 4 members (excludes halogenated alkanes) is 1. The van der Waals surface area contributed by atoms with Crippen LogP contribution in [-0.2, 0) is 0 Å². The predicted octanol–water partition coefficient (Wildman–Crippen LogP) is 1.34. The lowest BCUT2D eigenvalue weighted by Crippen LogP contribution is -2.22. The highest BCUT2D eigenvalue weighted by atomic mass is 35.5. The van der Waals surface area contributed by atoms with Crippen LogP contribution in [0.4, 0.5) is 0 Å². The third-order valence-electron chi connectivity index (χ3n) is 3.07. The molecule has 0 bridgehead atoms. The van der Waals surface area contributed by atoms with Crippen molar-refractivity contribution in [3.63, 3.8) is 0 Å². The molecule has 0 saturated carbocycles. The summed E-state index contributed by atoms with van der Waals surface area (Å²) in [6, 6.07) is 6.70. The number of benzene rings is 1. The molecule has 108 valence electrons. The molecular formula is C13H18ClN5O. The van der Waals surface area contributed by atoms with E-state index < -0.39 is 0 Å². The summed E-state index contributed by atoms with van der Waals surface area (Å²) >= 11 is 5.96. The van der Waals surface area contributed by atoms with Gasteiger partial charge in [-0.05, 0) is 37.6 Å². The highest BCUT2D eigenvalue weighted by Gasteiger charge is 2.17. The van der Waals surface area contributed by atoms with Gasteiger partial charge in [-0.2, -0.15) is 5.10 Å². The van der Waals surface area contributed by atoms with Gasteiger partial charge in [0.1, 0.15) is 0 Å². The van der Waals surface area contributed by atoms with Crippen LogP contribution in [0.3, 0.4) is 0 Å². The average molecular weight is 296 g/mol. The minimum Gasteiger partial charge on any atom is -0.330 e. The Labute approximate surface area is 121 Å². The molecule has 1 aromatic carbocycles. The van der Waals surface area contributed by atoms with Gasteiger partial charge in [0.25, 0.3) is 0 Å². The van der Waals surface area contributed by atoms with Gasteiger partial charge in [0.2, 0.25) is 0 Å². The first-order valence-corrected chi connectivity index (χ1v) is 6.90. The number of hydrogen-bond donors (Lipinski definition) is 3. The number of nitrogens with zero attached hydrogens (tertiary/aromatic N) is 2. The second kappa shape index (κ2) is 6.69. The summed E-state index contributed by atoms with van der Waals surface area (Å²) in [5, 5.41) is 7.02. The Morgan fingerprint density at radius 1 is 1.40 bits per heavy atom. The highest BCUT2D eigenvalue weighted by molar-refractivity contribution is 6.30. The van der Waals surface area contributed by atoms with Crippen LogP contribution in [0.15, 0.2) is 29.1 Å². The first-order chi connectivity index (χ1) is 9.63. The van der Waals surface area contributed by atoms with Crippen LogP contribution in [0.25, 0.3) is 5.69 Å². The van der Waals surface area contributed by atoms with Crippen LogP contribution < -0.4 is 17.2 Å². The van der Waals surface area contributed by atoms with Crippen molar-refractivity contribution in [2.24, 2.45) is 11.5 Å². The average Bonchev–Trinajstić information content (AvgIpc) is 2.81. The molecule has 2 aromatic rings. The summed E-state index contributed by atoms with van der Waals surface area (Å²) in [5.74, 6) is 0.509. The Morgan fingerprint density at radius 3 is 2.90 bits per heavy atom. The van der Waals surface area contributed by atoms with Crippen molar-refractivity contribution in [2.45, 2.75) is 25.3 Å². The molecule has 0 aliphatic carbocycles. The van der Waals surface area contributed by atoms with E-state index in [0.29, 0.717) is 23.1 Å². The fourth-order valence-electron chi connectivity index (χ4n) is 2.06. The maximum Gasteiger partial charge on any atom is 0.347 e. The molecule has 5 N–H and O–H groups in total. The van der Waals surface area contributed by atoms with Crippen LogP contribution in [0.5, 0.6) is 0 Å². The number of nitrogens with two attached hydrogens (primary N) is 2. The molecule has 0 aliphatic rings. The number of aromatic amines is 1. The maximum atomic E-state index is 11.9. The second-order valence-electron chi connectivity index (χ2n) is 4.59. The molecule has 6 nitrogen and oxygen atoms in total. The summed E-state index contributed by atoms with van der Waals surface area (Å²) in [5.41, 5.74) is 11.9. The summed E-state index contributed by atoms with van der Waals surface area (Å²) in [4.78, 5) is 11.9. The molecule has 0 radical (unpaired) electrons. The minimum absolute atomic E-state index is 0.320. The van der Waals surface area contributed by atoms with Crippen LogP contribution in [-0.4, -0.2) is 21.3 Å². The number of rotatable bonds is 6. The first-order valence-electron chi connectivity index (χ1n) is 6.52. The monoisotopic (exact) mass is 295 g/mol. The summed E-state index contributed by atoms with van der Waals surface area (Å²) in [6.45, 7) is 0.633. The molecule has 0 amide bonds. The summed E-state index contributed by atoms with van der Waals surface area (Å²) in [6.07, 6.45) is 2.52. The summed E-state index contributed by atoms with van der Waals surface area (Å²) in [7, 11) is 0. The quantitative estimate of drug-likeness (QED) is 0.700. The van der Waals surface area contributed by atoms with Crippen molar-refractivity contribution in [1.29, 1.82) is 0 Å². The van der Waals surface area contributed by atoms with E-state index >= 15 is 0 Å². The molecule has 7 heteroatoms. The zero-order valence-corrected chi connectivity index (χ0v) is 11.8. The second-order valence-corrected chi connectivity index (χ2v) is 5.03. The molecule has 1 heterocycles. The van der Waals surface area contributed by atoms with Crippen molar-refractivity contribution in [3.05, 3.63) is 45.6 Å².